The molecule has 2 heterocycles. The molecule has 24 heavy (non-hydrogen) atoms. The molecular formula is C17H17N3O3S. The van der Waals surface area contributed by atoms with E-state index in [1.165, 1.54) is 11.8 Å². The van der Waals surface area contributed by atoms with Gasteiger partial charge in [-0.3, -0.25) is 10.1 Å². The Morgan fingerprint density at radius 1 is 1.33 bits per heavy atom. The third-order valence-electron chi connectivity index (χ3n) is 3.30. The van der Waals surface area contributed by atoms with Crippen LogP contribution in [0.5, 0.6) is 0 Å². The van der Waals surface area contributed by atoms with Gasteiger partial charge in [0.05, 0.1) is 16.6 Å². The zero-order chi connectivity index (χ0) is 16.9. The molecule has 7 heteroatoms. The molecule has 0 saturated heterocycles. The minimum absolute atomic E-state index is 0.136. The Morgan fingerprint density at radius 3 is 2.83 bits per heavy atom. The number of rotatable bonds is 6. The van der Waals surface area contributed by atoms with Crippen LogP contribution >= 0.6 is 11.8 Å². The van der Waals surface area contributed by atoms with Gasteiger partial charge in [0, 0.05) is 17.4 Å². The summed E-state index contributed by atoms with van der Waals surface area (Å²) in [5.41, 5.74) is 2.45. The van der Waals surface area contributed by atoms with E-state index in [4.69, 9.17) is 8.94 Å². The highest BCUT2D eigenvalue weighted by Crippen LogP contribution is 2.23. The maximum atomic E-state index is 12.1. The maximum Gasteiger partial charge on any atom is 0.239 e. The molecule has 1 N–H and O–H groups in total. The lowest BCUT2D eigenvalue weighted by molar-refractivity contribution is -0.115. The first-order valence-corrected chi connectivity index (χ1v) is 8.52. The van der Waals surface area contributed by atoms with Gasteiger partial charge in [-0.15, -0.1) is 11.8 Å². The minimum Gasteiger partial charge on any atom is -0.444 e. The van der Waals surface area contributed by atoms with Gasteiger partial charge in [-0.25, -0.2) is 4.98 Å². The standard InChI is InChI=1S/C17H17N3O3S/c1-11-8-15(23-20-11)19-16(21)12(2)24-10-14-9-22-17(18-14)13-6-4-3-5-7-13/h3-9,12H,10H2,1-2H3,(H,19,21)/t12-/m1/s1. The number of anilines is 1. The Morgan fingerprint density at radius 2 is 2.12 bits per heavy atom. The Kier molecular flexibility index (Phi) is 5.00. The smallest absolute Gasteiger partial charge is 0.239 e. The van der Waals surface area contributed by atoms with Crippen LogP contribution in [0.25, 0.3) is 11.5 Å². The number of amides is 1. The van der Waals surface area contributed by atoms with Gasteiger partial charge < -0.3 is 8.94 Å². The molecule has 0 bridgehead atoms. The lowest BCUT2D eigenvalue weighted by atomic mass is 10.2. The average molecular weight is 343 g/mol. The number of nitrogens with zero attached hydrogens (tertiary/aromatic N) is 2. The Balaban J connectivity index is 1.53. The van der Waals surface area contributed by atoms with Crippen molar-refractivity contribution < 1.29 is 13.7 Å². The molecule has 1 aromatic carbocycles. The van der Waals surface area contributed by atoms with Gasteiger partial charge in [0.25, 0.3) is 0 Å². The van der Waals surface area contributed by atoms with Crippen molar-refractivity contribution >= 4 is 23.6 Å². The summed E-state index contributed by atoms with van der Waals surface area (Å²) < 4.78 is 10.5. The predicted molar refractivity (Wildman–Crippen MR) is 92.6 cm³/mol. The van der Waals surface area contributed by atoms with E-state index in [0.29, 0.717) is 17.5 Å². The summed E-state index contributed by atoms with van der Waals surface area (Å²) in [4.78, 5) is 16.6. The summed E-state index contributed by atoms with van der Waals surface area (Å²) in [6.45, 7) is 3.63. The van der Waals surface area contributed by atoms with Crippen molar-refractivity contribution in [1.82, 2.24) is 10.1 Å². The Hall–Kier alpha value is -2.54. The molecule has 0 aliphatic heterocycles. The van der Waals surface area contributed by atoms with Crippen LogP contribution in [0.1, 0.15) is 18.3 Å². The maximum absolute atomic E-state index is 12.1. The van der Waals surface area contributed by atoms with E-state index in [0.717, 1.165) is 17.0 Å². The molecule has 0 fully saturated rings. The first kappa shape index (κ1) is 16.3. The summed E-state index contributed by atoms with van der Waals surface area (Å²) in [6.07, 6.45) is 1.62. The van der Waals surface area contributed by atoms with Gasteiger partial charge in [0.1, 0.15) is 6.26 Å². The van der Waals surface area contributed by atoms with Crippen LogP contribution in [0.2, 0.25) is 0 Å². The van der Waals surface area contributed by atoms with Gasteiger partial charge in [0.2, 0.25) is 17.7 Å². The summed E-state index contributed by atoms with van der Waals surface area (Å²) in [6, 6.07) is 11.4. The van der Waals surface area contributed by atoms with Gasteiger partial charge in [-0.05, 0) is 26.0 Å². The highest BCUT2D eigenvalue weighted by atomic mass is 32.2. The zero-order valence-corrected chi connectivity index (χ0v) is 14.2. The second-order valence-electron chi connectivity index (χ2n) is 5.29. The van der Waals surface area contributed by atoms with E-state index < -0.39 is 0 Å². The first-order valence-electron chi connectivity index (χ1n) is 7.47. The summed E-state index contributed by atoms with van der Waals surface area (Å²) in [5, 5.41) is 6.18. The van der Waals surface area contributed by atoms with E-state index in [-0.39, 0.29) is 11.2 Å². The molecule has 3 rings (SSSR count). The second kappa shape index (κ2) is 7.35. The predicted octanol–water partition coefficient (Wildman–Crippen LogP) is 3.90. The minimum atomic E-state index is -0.257. The fourth-order valence-corrected chi connectivity index (χ4v) is 2.78. The van der Waals surface area contributed by atoms with Gasteiger partial charge in [0.15, 0.2) is 0 Å². The molecule has 1 amide bonds. The zero-order valence-electron chi connectivity index (χ0n) is 13.4. The Bertz CT molecular complexity index is 813. The summed E-state index contributed by atoms with van der Waals surface area (Å²) in [7, 11) is 0. The largest absolute Gasteiger partial charge is 0.444 e. The van der Waals surface area contributed by atoms with Crippen LogP contribution in [-0.2, 0) is 10.5 Å². The lowest BCUT2D eigenvalue weighted by Crippen LogP contribution is -2.22. The molecule has 0 radical (unpaired) electrons. The number of aromatic nitrogens is 2. The summed E-state index contributed by atoms with van der Waals surface area (Å²) in [5.74, 6) is 1.39. The monoisotopic (exact) mass is 343 g/mol. The molecule has 3 aromatic rings. The fourth-order valence-electron chi connectivity index (χ4n) is 2.02. The van der Waals surface area contributed by atoms with Crippen LogP contribution in [0.3, 0.4) is 0 Å². The topological polar surface area (TPSA) is 81.2 Å². The number of thioether (sulfide) groups is 1. The lowest BCUT2D eigenvalue weighted by Gasteiger charge is -2.08. The molecule has 2 aromatic heterocycles. The van der Waals surface area contributed by atoms with Crippen LogP contribution in [0.4, 0.5) is 5.88 Å². The molecule has 0 unspecified atom stereocenters. The van der Waals surface area contributed by atoms with Crippen LogP contribution < -0.4 is 5.32 Å². The van der Waals surface area contributed by atoms with Crippen molar-refractivity contribution in [2.45, 2.75) is 24.9 Å². The van der Waals surface area contributed by atoms with Crippen molar-refractivity contribution in [2.75, 3.05) is 5.32 Å². The number of hydrogen-bond acceptors (Lipinski definition) is 6. The highest BCUT2D eigenvalue weighted by Gasteiger charge is 2.16. The third-order valence-corrected chi connectivity index (χ3v) is 4.47. The van der Waals surface area contributed by atoms with Crippen molar-refractivity contribution in [3.63, 3.8) is 0 Å². The van der Waals surface area contributed by atoms with Crippen molar-refractivity contribution in [1.29, 1.82) is 0 Å². The van der Waals surface area contributed by atoms with Gasteiger partial charge in [-0.2, -0.15) is 0 Å². The molecule has 0 saturated carbocycles. The molecule has 124 valence electrons. The van der Waals surface area contributed by atoms with Crippen LogP contribution in [-0.4, -0.2) is 21.3 Å². The number of carbonyl (C=O) groups is 1. The second-order valence-corrected chi connectivity index (χ2v) is 6.61. The van der Waals surface area contributed by atoms with Crippen molar-refractivity contribution in [2.24, 2.45) is 0 Å². The molecule has 1 atom stereocenters. The average Bonchev–Trinajstić information content (AvgIpc) is 3.22. The number of oxazole rings is 1. The highest BCUT2D eigenvalue weighted by molar-refractivity contribution is 7.99. The van der Waals surface area contributed by atoms with E-state index in [1.54, 1.807) is 19.3 Å². The van der Waals surface area contributed by atoms with Crippen LogP contribution in [0.15, 0.2) is 51.6 Å². The molecular weight excluding hydrogens is 326 g/mol. The van der Waals surface area contributed by atoms with Gasteiger partial charge in [-0.1, -0.05) is 23.4 Å². The molecule has 6 nitrogen and oxygen atoms in total. The normalized spacial score (nSPS) is 12.1. The summed E-state index contributed by atoms with van der Waals surface area (Å²) >= 11 is 1.48. The number of aryl methyl sites for hydroxylation is 1. The molecule has 0 aliphatic rings. The van der Waals surface area contributed by atoms with E-state index in [2.05, 4.69) is 15.5 Å². The third kappa shape index (κ3) is 4.05. The first-order chi connectivity index (χ1) is 11.6. The fraction of sp³-hybridized carbons (Fsp3) is 0.235. The molecule has 0 spiro atoms. The number of carbonyl (C=O) groups excluding carboxylic acids is 1. The number of benzene rings is 1. The molecule has 0 aliphatic carbocycles. The van der Waals surface area contributed by atoms with Gasteiger partial charge >= 0.3 is 0 Å². The SMILES string of the molecule is Cc1cc(NC(=O)[C@@H](C)SCc2coc(-c3ccccc3)n2)on1. The van der Waals surface area contributed by atoms with Crippen LogP contribution in [0, 0.1) is 6.92 Å². The van der Waals surface area contributed by atoms with Crippen molar-refractivity contribution in [3.05, 3.63) is 54.0 Å². The number of nitrogens with one attached hydrogen (secondary N) is 1. The Labute approximate surface area is 143 Å². The van der Waals surface area contributed by atoms with E-state index in [1.807, 2.05) is 37.3 Å². The number of hydrogen-bond donors (Lipinski definition) is 1. The van der Waals surface area contributed by atoms with E-state index >= 15 is 0 Å². The van der Waals surface area contributed by atoms with Crippen molar-refractivity contribution in [3.8, 4) is 11.5 Å². The quantitative estimate of drug-likeness (QED) is 0.731. The van der Waals surface area contributed by atoms with E-state index in [9.17, 15) is 4.79 Å².